The van der Waals surface area contributed by atoms with Crippen molar-refractivity contribution in [1.82, 2.24) is 14.5 Å². The first-order valence-electron chi connectivity index (χ1n) is 13.5. The summed E-state index contributed by atoms with van der Waals surface area (Å²) in [5.41, 5.74) is 1.16. The van der Waals surface area contributed by atoms with Crippen molar-refractivity contribution in [2.75, 3.05) is 40.4 Å². The van der Waals surface area contributed by atoms with Crippen LogP contribution in [0.5, 0.6) is 23.0 Å². The number of rotatable bonds is 13. The van der Waals surface area contributed by atoms with Crippen molar-refractivity contribution < 1.29 is 23.7 Å². The van der Waals surface area contributed by atoms with Crippen LogP contribution in [0.3, 0.4) is 0 Å². The number of carbonyl (C=O) groups is 1. The van der Waals surface area contributed by atoms with Crippen molar-refractivity contribution in [3.8, 4) is 23.0 Å². The van der Waals surface area contributed by atoms with Crippen LogP contribution in [0.4, 0.5) is 0 Å². The van der Waals surface area contributed by atoms with Gasteiger partial charge in [-0.3, -0.25) is 19.6 Å². The number of hydrogen-bond donors (Lipinski definition) is 0. The van der Waals surface area contributed by atoms with Gasteiger partial charge in [0.25, 0.3) is 5.56 Å². The number of fused-ring (bicyclic) bond motifs is 6. The number of amides is 1. The lowest BCUT2D eigenvalue weighted by molar-refractivity contribution is -0.130. The summed E-state index contributed by atoms with van der Waals surface area (Å²) >= 11 is 0. The highest BCUT2D eigenvalue weighted by atomic mass is 33.1. The van der Waals surface area contributed by atoms with E-state index in [0.29, 0.717) is 64.2 Å². The molecule has 12 heteroatoms. The van der Waals surface area contributed by atoms with Gasteiger partial charge in [-0.15, -0.1) is 0 Å². The lowest BCUT2D eigenvalue weighted by atomic mass is 10.0. The molecule has 224 valence electrons. The van der Waals surface area contributed by atoms with Crippen LogP contribution in [-0.2, 0) is 11.3 Å². The molecule has 10 nitrogen and oxygen atoms in total. The standard InChI is InChI=1S/C31H32N4O6S2/c1-6-8-28(32-2)43-42-12-7-9-29(36)34(3)10-11-35-30-21-15-26-27(41-18-40-26)16-23(21)33-17-22(30)19-13-24(38-4)25(39-5)14-20(19)31(35)37/h6,8,13-17H,1-2,7,9-12,18H2,3-5H3/b28-8+. The molecule has 2 aromatic heterocycles. The first-order chi connectivity index (χ1) is 20.9. The maximum Gasteiger partial charge on any atom is 0.259 e. The predicted octanol–water partition coefficient (Wildman–Crippen LogP) is 5.80. The van der Waals surface area contributed by atoms with Crippen LogP contribution in [0, 0.1) is 0 Å². The number of nitrogens with zero attached hydrogens (tertiary/aromatic N) is 4. The Bertz CT molecular complexity index is 1820. The molecule has 0 unspecified atom stereocenters. The Morgan fingerprint density at radius 2 is 1.84 bits per heavy atom. The normalized spacial score (nSPS) is 12.6. The van der Waals surface area contributed by atoms with Gasteiger partial charge in [-0.2, -0.15) is 0 Å². The van der Waals surface area contributed by atoms with Gasteiger partial charge in [0.05, 0.1) is 30.6 Å². The first kappa shape index (κ1) is 30.3. The molecule has 0 fully saturated rings. The second-order valence-electron chi connectivity index (χ2n) is 9.68. The Kier molecular flexibility index (Phi) is 9.46. The number of methoxy groups -OCH3 is 2. The lowest BCUT2D eigenvalue weighted by Gasteiger charge is -2.21. The Labute approximate surface area is 256 Å². The third kappa shape index (κ3) is 6.16. The summed E-state index contributed by atoms with van der Waals surface area (Å²) in [6.45, 7) is 7.97. The van der Waals surface area contributed by atoms with Crippen molar-refractivity contribution in [3.63, 3.8) is 0 Å². The van der Waals surface area contributed by atoms with Crippen LogP contribution in [0.25, 0.3) is 32.6 Å². The van der Waals surface area contributed by atoms with E-state index in [-0.39, 0.29) is 24.8 Å². The second-order valence-corrected chi connectivity index (χ2v) is 12.1. The molecule has 3 heterocycles. The van der Waals surface area contributed by atoms with E-state index in [4.69, 9.17) is 23.9 Å². The fourth-order valence-electron chi connectivity index (χ4n) is 4.95. The minimum atomic E-state index is -0.206. The number of aromatic nitrogens is 2. The van der Waals surface area contributed by atoms with E-state index in [2.05, 4.69) is 18.3 Å². The molecule has 0 bridgehead atoms. The zero-order chi connectivity index (χ0) is 30.5. The summed E-state index contributed by atoms with van der Waals surface area (Å²) in [6, 6.07) is 7.17. The minimum absolute atomic E-state index is 0.00810. The van der Waals surface area contributed by atoms with Crippen LogP contribution in [0.1, 0.15) is 12.8 Å². The molecule has 43 heavy (non-hydrogen) atoms. The number of likely N-dealkylation sites (N-methyl/N-ethyl adjacent to an activating group) is 1. The number of benzene rings is 2. The van der Waals surface area contributed by atoms with Gasteiger partial charge in [0, 0.05) is 60.7 Å². The third-order valence-electron chi connectivity index (χ3n) is 7.16. The van der Waals surface area contributed by atoms with Crippen LogP contribution in [0.2, 0.25) is 0 Å². The summed E-state index contributed by atoms with van der Waals surface area (Å²) in [7, 11) is 7.97. The summed E-state index contributed by atoms with van der Waals surface area (Å²) in [5, 5.41) is 3.45. The molecule has 1 aliphatic rings. The SMILES string of the molecule is C=C/C=C(\N=C)SSCCCC(=O)N(C)CCn1c(=O)c2cc(OC)c(OC)cc2c2cnc3cc4c(cc3c21)OCO4. The molecule has 0 spiro atoms. The number of ether oxygens (including phenoxy) is 4. The molecule has 0 aliphatic carbocycles. The number of pyridine rings is 2. The highest BCUT2D eigenvalue weighted by Gasteiger charge is 2.21. The van der Waals surface area contributed by atoms with Gasteiger partial charge in [-0.25, -0.2) is 0 Å². The molecule has 1 amide bonds. The zero-order valence-electron chi connectivity index (χ0n) is 24.3. The van der Waals surface area contributed by atoms with Gasteiger partial charge in [-0.05, 0) is 48.2 Å². The molecular weight excluding hydrogens is 588 g/mol. The quantitative estimate of drug-likeness (QED) is 0.0603. The van der Waals surface area contributed by atoms with Gasteiger partial charge < -0.3 is 28.4 Å². The van der Waals surface area contributed by atoms with E-state index in [9.17, 15) is 9.59 Å². The molecule has 0 radical (unpaired) electrons. The molecule has 2 aromatic carbocycles. The topological polar surface area (TPSA) is 104 Å². The monoisotopic (exact) mass is 620 g/mol. The number of aliphatic imine (C=N–C) groups is 1. The lowest BCUT2D eigenvalue weighted by Crippen LogP contribution is -2.33. The highest BCUT2D eigenvalue weighted by molar-refractivity contribution is 8.78. The Hall–Kier alpha value is -4.16. The fourth-order valence-corrected chi connectivity index (χ4v) is 6.91. The third-order valence-corrected chi connectivity index (χ3v) is 9.53. The van der Waals surface area contributed by atoms with Crippen molar-refractivity contribution in [3.05, 3.63) is 64.6 Å². The maximum atomic E-state index is 14.1. The van der Waals surface area contributed by atoms with Gasteiger partial charge in [-0.1, -0.05) is 23.4 Å². The average Bonchev–Trinajstić information content (AvgIpc) is 3.49. The molecule has 1 aliphatic heterocycles. The molecular formula is C31H32N4O6S2. The summed E-state index contributed by atoms with van der Waals surface area (Å²) in [4.78, 5) is 37.4. The number of allylic oxidation sites excluding steroid dienone is 2. The highest BCUT2D eigenvalue weighted by Crippen LogP contribution is 2.40. The summed E-state index contributed by atoms with van der Waals surface area (Å²) in [6.07, 6.45) is 6.33. The molecule has 0 saturated carbocycles. The molecule has 0 atom stereocenters. The summed E-state index contributed by atoms with van der Waals surface area (Å²) in [5.74, 6) is 2.95. The van der Waals surface area contributed by atoms with E-state index in [0.717, 1.165) is 21.6 Å². The van der Waals surface area contributed by atoms with Crippen molar-refractivity contribution in [2.24, 2.45) is 4.99 Å². The molecule has 0 N–H and O–H groups in total. The van der Waals surface area contributed by atoms with E-state index in [1.165, 1.54) is 17.9 Å². The van der Waals surface area contributed by atoms with Crippen molar-refractivity contribution >= 4 is 66.8 Å². The average molecular weight is 621 g/mol. The number of carbonyl (C=O) groups excluding carboxylic acids is 1. The smallest absolute Gasteiger partial charge is 0.259 e. The van der Waals surface area contributed by atoms with Crippen LogP contribution < -0.4 is 24.5 Å². The largest absolute Gasteiger partial charge is 0.493 e. The van der Waals surface area contributed by atoms with Gasteiger partial charge in [0.15, 0.2) is 23.0 Å². The Morgan fingerprint density at radius 3 is 2.53 bits per heavy atom. The summed E-state index contributed by atoms with van der Waals surface area (Å²) < 4.78 is 24.0. The van der Waals surface area contributed by atoms with Crippen LogP contribution in [-0.4, -0.2) is 67.4 Å². The maximum absolute atomic E-state index is 14.1. The van der Waals surface area contributed by atoms with Crippen molar-refractivity contribution in [1.29, 1.82) is 0 Å². The molecule has 5 rings (SSSR count). The first-order valence-corrected chi connectivity index (χ1v) is 15.9. The Balaban J connectivity index is 1.46. The molecule has 0 saturated heterocycles. The van der Waals surface area contributed by atoms with E-state index in [1.807, 2.05) is 12.1 Å². The van der Waals surface area contributed by atoms with Gasteiger partial charge in [0.2, 0.25) is 12.7 Å². The van der Waals surface area contributed by atoms with E-state index in [1.54, 1.807) is 64.9 Å². The minimum Gasteiger partial charge on any atom is -0.493 e. The van der Waals surface area contributed by atoms with Gasteiger partial charge >= 0.3 is 0 Å². The zero-order valence-corrected chi connectivity index (χ0v) is 25.9. The number of hydrogen-bond acceptors (Lipinski definition) is 10. The van der Waals surface area contributed by atoms with Crippen LogP contribution >= 0.6 is 21.6 Å². The van der Waals surface area contributed by atoms with Crippen molar-refractivity contribution in [2.45, 2.75) is 19.4 Å². The second kappa shape index (κ2) is 13.4. The van der Waals surface area contributed by atoms with E-state index >= 15 is 0 Å². The van der Waals surface area contributed by atoms with E-state index < -0.39 is 0 Å². The molecule has 4 aromatic rings. The predicted molar refractivity (Wildman–Crippen MR) is 175 cm³/mol. The Morgan fingerprint density at radius 1 is 1.12 bits per heavy atom. The van der Waals surface area contributed by atoms with Gasteiger partial charge in [0.1, 0.15) is 5.03 Å². The van der Waals surface area contributed by atoms with Crippen LogP contribution in [0.15, 0.2) is 64.0 Å². The fraction of sp³-hybridized carbons (Fsp3) is 0.290.